The molecule has 2 heterocycles. The van der Waals surface area contributed by atoms with Gasteiger partial charge in [0.1, 0.15) is 11.6 Å². The normalized spacial score (nSPS) is 16.1. The molecule has 1 amide bonds. The largest absolute Gasteiger partial charge is 0.344 e. The molecule has 1 atom stereocenters. The van der Waals surface area contributed by atoms with Gasteiger partial charge in [0.05, 0.1) is 0 Å². The Balaban J connectivity index is 1.62. The van der Waals surface area contributed by atoms with Gasteiger partial charge in [0, 0.05) is 50.1 Å². The number of aromatic nitrogens is 2. The number of hydrogen-bond donors (Lipinski definition) is 0. The van der Waals surface area contributed by atoms with Crippen molar-refractivity contribution in [2.45, 2.75) is 58.9 Å². The maximum absolute atomic E-state index is 13.1. The molecule has 0 spiro atoms. The van der Waals surface area contributed by atoms with Crippen LogP contribution in [0, 0.1) is 11.7 Å². The molecule has 7 heteroatoms. The zero-order valence-electron chi connectivity index (χ0n) is 17.6. The second-order valence-corrected chi connectivity index (χ2v) is 8.79. The monoisotopic (exact) mass is 418 g/mol. The van der Waals surface area contributed by atoms with Crippen LogP contribution in [0.1, 0.15) is 57.8 Å². The van der Waals surface area contributed by atoms with Crippen LogP contribution < -0.4 is 4.90 Å². The van der Waals surface area contributed by atoms with Crippen LogP contribution in [0.25, 0.3) is 0 Å². The van der Waals surface area contributed by atoms with E-state index in [0.29, 0.717) is 19.4 Å². The third-order valence-electron chi connectivity index (χ3n) is 5.80. The summed E-state index contributed by atoms with van der Waals surface area (Å²) in [5.41, 5.74) is 0.986. The molecule has 0 aliphatic carbocycles. The van der Waals surface area contributed by atoms with E-state index < -0.39 is 0 Å². The van der Waals surface area contributed by atoms with Crippen molar-refractivity contribution in [2.24, 2.45) is 5.92 Å². The number of benzene rings is 1. The maximum Gasteiger partial charge on any atom is 0.224 e. The molecule has 0 saturated carbocycles. The molecule has 1 aliphatic rings. The Morgan fingerprint density at radius 3 is 2.66 bits per heavy atom. The first-order chi connectivity index (χ1) is 14.0. The molecule has 1 saturated heterocycles. The number of anilines is 1. The summed E-state index contributed by atoms with van der Waals surface area (Å²) >= 11 is 1.38. The number of nitrogens with zero attached hydrogens (tertiary/aromatic N) is 4. The van der Waals surface area contributed by atoms with Crippen molar-refractivity contribution in [3.05, 3.63) is 41.5 Å². The van der Waals surface area contributed by atoms with Crippen molar-refractivity contribution in [1.29, 1.82) is 0 Å². The van der Waals surface area contributed by atoms with Crippen LogP contribution in [0.4, 0.5) is 9.52 Å². The Hall–Kier alpha value is -2.02. The van der Waals surface area contributed by atoms with E-state index in [1.165, 1.54) is 23.7 Å². The zero-order valence-corrected chi connectivity index (χ0v) is 18.4. The van der Waals surface area contributed by atoms with Gasteiger partial charge in [0.25, 0.3) is 0 Å². The van der Waals surface area contributed by atoms with E-state index in [0.717, 1.165) is 54.8 Å². The van der Waals surface area contributed by atoms with Crippen LogP contribution >= 0.6 is 11.5 Å². The van der Waals surface area contributed by atoms with Crippen molar-refractivity contribution >= 4 is 22.6 Å². The van der Waals surface area contributed by atoms with E-state index in [1.54, 1.807) is 12.1 Å². The van der Waals surface area contributed by atoms with Gasteiger partial charge in [0.2, 0.25) is 11.0 Å². The van der Waals surface area contributed by atoms with E-state index in [9.17, 15) is 9.18 Å². The maximum atomic E-state index is 13.1. The highest BCUT2D eigenvalue weighted by atomic mass is 32.1. The summed E-state index contributed by atoms with van der Waals surface area (Å²) in [6.45, 7) is 8.98. The molecule has 2 aromatic rings. The predicted octanol–water partition coefficient (Wildman–Crippen LogP) is 4.52. The standard InChI is InChI=1S/C22H31FN4OS/c1-4-17(3)27(14-11-21(28)26-12-9-16(2)10-13-26)22-24-20(25-29-22)15-18-5-7-19(23)8-6-18/h5-8,16-17H,4,9-15H2,1-3H3. The van der Waals surface area contributed by atoms with Gasteiger partial charge in [-0.3, -0.25) is 4.79 Å². The second-order valence-electron chi connectivity index (χ2n) is 8.06. The lowest BCUT2D eigenvalue weighted by atomic mass is 9.99. The van der Waals surface area contributed by atoms with Crippen LogP contribution in [0.3, 0.4) is 0 Å². The van der Waals surface area contributed by atoms with Crippen molar-refractivity contribution in [1.82, 2.24) is 14.3 Å². The van der Waals surface area contributed by atoms with E-state index >= 15 is 0 Å². The van der Waals surface area contributed by atoms with Gasteiger partial charge in [0.15, 0.2) is 0 Å². The Kier molecular flexibility index (Phi) is 7.58. The zero-order chi connectivity index (χ0) is 20.8. The third kappa shape index (κ3) is 5.98. The molecule has 1 aliphatic heterocycles. The van der Waals surface area contributed by atoms with Crippen LogP contribution in [0.2, 0.25) is 0 Å². The first-order valence-corrected chi connectivity index (χ1v) is 11.3. The fourth-order valence-electron chi connectivity index (χ4n) is 3.58. The van der Waals surface area contributed by atoms with Crippen LogP contribution in [-0.4, -0.2) is 45.8 Å². The molecule has 5 nitrogen and oxygen atoms in total. The average molecular weight is 419 g/mol. The molecule has 1 aromatic carbocycles. The molecule has 0 N–H and O–H groups in total. The van der Waals surface area contributed by atoms with Crippen molar-refractivity contribution in [3.8, 4) is 0 Å². The smallest absolute Gasteiger partial charge is 0.224 e. The van der Waals surface area contributed by atoms with Crippen molar-refractivity contribution in [2.75, 3.05) is 24.5 Å². The number of carbonyl (C=O) groups excluding carboxylic acids is 1. The van der Waals surface area contributed by atoms with E-state index in [1.807, 2.05) is 4.90 Å². The summed E-state index contributed by atoms with van der Waals surface area (Å²) in [4.78, 5) is 21.6. The third-order valence-corrected chi connectivity index (χ3v) is 6.60. The lowest BCUT2D eigenvalue weighted by molar-refractivity contribution is -0.132. The number of amides is 1. The van der Waals surface area contributed by atoms with Crippen molar-refractivity contribution in [3.63, 3.8) is 0 Å². The Morgan fingerprint density at radius 2 is 2.00 bits per heavy atom. The molecular formula is C22H31FN4OS. The summed E-state index contributed by atoms with van der Waals surface area (Å²) in [6.07, 6.45) is 4.26. The lowest BCUT2D eigenvalue weighted by Crippen LogP contribution is -2.41. The van der Waals surface area contributed by atoms with Gasteiger partial charge in [-0.25, -0.2) is 9.37 Å². The highest BCUT2D eigenvalue weighted by Crippen LogP contribution is 2.23. The first-order valence-electron chi connectivity index (χ1n) is 10.6. The van der Waals surface area contributed by atoms with Gasteiger partial charge >= 0.3 is 0 Å². The highest BCUT2D eigenvalue weighted by Gasteiger charge is 2.23. The Morgan fingerprint density at radius 1 is 1.31 bits per heavy atom. The van der Waals surface area contributed by atoms with Gasteiger partial charge in [-0.15, -0.1) is 0 Å². The Labute approximate surface area is 177 Å². The molecule has 0 radical (unpaired) electrons. The number of halogens is 1. The number of piperidine rings is 1. The van der Waals surface area contributed by atoms with E-state index in [4.69, 9.17) is 4.98 Å². The summed E-state index contributed by atoms with van der Waals surface area (Å²) in [5, 5.41) is 0.858. The summed E-state index contributed by atoms with van der Waals surface area (Å²) in [6, 6.07) is 6.74. The second kappa shape index (κ2) is 10.1. The van der Waals surface area contributed by atoms with Crippen LogP contribution in [0.15, 0.2) is 24.3 Å². The van der Waals surface area contributed by atoms with Crippen LogP contribution in [-0.2, 0) is 11.2 Å². The number of rotatable bonds is 8. The number of hydrogen-bond acceptors (Lipinski definition) is 5. The highest BCUT2D eigenvalue weighted by molar-refractivity contribution is 7.09. The minimum Gasteiger partial charge on any atom is -0.344 e. The average Bonchev–Trinajstić information content (AvgIpc) is 3.18. The van der Waals surface area contributed by atoms with Gasteiger partial charge in [-0.1, -0.05) is 26.0 Å². The summed E-state index contributed by atoms with van der Waals surface area (Å²) in [7, 11) is 0. The molecule has 29 heavy (non-hydrogen) atoms. The minimum absolute atomic E-state index is 0.237. The van der Waals surface area contributed by atoms with Gasteiger partial charge < -0.3 is 9.80 Å². The molecule has 0 bridgehead atoms. The molecule has 158 valence electrons. The van der Waals surface area contributed by atoms with E-state index in [2.05, 4.69) is 30.0 Å². The molecule has 1 aromatic heterocycles. The lowest BCUT2D eigenvalue weighted by Gasteiger charge is -2.32. The molecule has 3 rings (SSSR count). The molecule has 1 fully saturated rings. The van der Waals surface area contributed by atoms with Gasteiger partial charge in [-0.2, -0.15) is 4.37 Å². The topological polar surface area (TPSA) is 49.3 Å². The van der Waals surface area contributed by atoms with E-state index in [-0.39, 0.29) is 17.8 Å². The number of carbonyl (C=O) groups is 1. The van der Waals surface area contributed by atoms with Gasteiger partial charge in [-0.05, 0) is 49.8 Å². The molecular weight excluding hydrogens is 387 g/mol. The Bertz CT molecular complexity index is 786. The molecule has 1 unspecified atom stereocenters. The minimum atomic E-state index is -0.239. The fraction of sp³-hybridized carbons (Fsp3) is 0.591. The van der Waals surface area contributed by atoms with Crippen molar-refractivity contribution < 1.29 is 9.18 Å². The SMILES string of the molecule is CCC(C)N(CCC(=O)N1CCC(C)CC1)c1nc(Cc2ccc(F)cc2)ns1. The summed E-state index contributed by atoms with van der Waals surface area (Å²) < 4.78 is 17.6. The quantitative estimate of drug-likeness (QED) is 0.632. The predicted molar refractivity (Wildman–Crippen MR) is 116 cm³/mol. The number of likely N-dealkylation sites (tertiary alicyclic amines) is 1. The summed E-state index contributed by atoms with van der Waals surface area (Å²) in [5.74, 6) is 1.45. The first kappa shape index (κ1) is 21.7. The van der Waals surface area contributed by atoms with Crippen LogP contribution in [0.5, 0.6) is 0 Å². The fourth-order valence-corrected chi connectivity index (χ4v) is 4.39.